The van der Waals surface area contributed by atoms with Gasteiger partial charge in [-0.1, -0.05) is 42.5 Å². The number of aromatic nitrogens is 2. The van der Waals surface area contributed by atoms with E-state index in [0.29, 0.717) is 34.7 Å². The molecule has 0 bridgehead atoms. The SMILES string of the molecule is Cc1oc2c(C(N)=O)cccc2c1-c1nc(NCc2ccccc2)cc(B(O)O)n1. The molecule has 2 aromatic heterocycles. The second kappa shape index (κ2) is 7.98. The van der Waals surface area contributed by atoms with Crippen molar-refractivity contribution in [3.63, 3.8) is 0 Å². The summed E-state index contributed by atoms with van der Waals surface area (Å²) >= 11 is 0. The molecule has 0 aliphatic heterocycles. The quantitative estimate of drug-likeness (QED) is 0.360. The van der Waals surface area contributed by atoms with Gasteiger partial charge in [0.05, 0.1) is 16.7 Å². The van der Waals surface area contributed by atoms with Crippen molar-refractivity contribution >= 4 is 35.4 Å². The fourth-order valence-corrected chi connectivity index (χ4v) is 3.30. The summed E-state index contributed by atoms with van der Waals surface area (Å²) in [7, 11) is -1.77. The number of hydrogen-bond acceptors (Lipinski definition) is 7. The highest BCUT2D eigenvalue weighted by Crippen LogP contribution is 2.34. The highest BCUT2D eigenvalue weighted by molar-refractivity contribution is 6.57. The number of hydrogen-bond donors (Lipinski definition) is 4. The smallest absolute Gasteiger partial charge is 0.460 e. The Morgan fingerprint density at radius 1 is 1.13 bits per heavy atom. The van der Waals surface area contributed by atoms with E-state index in [1.807, 2.05) is 30.3 Å². The summed E-state index contributed by atoms with van der Waals surface area (Å²) in [5, 5.41) is 23.2. The molecule has 150 valence electrons. The lowest BCUT2D eigenvalue weighted by Crippen LogP contribution is -2.33. The maximum Gasteiger partial charge on any atom is 0.508 e. The fourth-order valence-electron chi connectivity index (χ4n) is 3.30. The monoisotopic (exact) mass is 402 g/mol. The molecule has 0 aliphatic rings. The minimum absolute atomic E-state index is 0.0374. The first kappa shape index (κ1) is 19.6. The summed E-state index contributed by atoms with van der Waals surface area (Å²) in [6, 6.07) is 16.3. The fraction of sp³-hybridized carbons (Fsp3) is 0.0952. The van der Waals surface area contributed by atoms with Gasteiger partial charge < -0.3 is 25.5 Å². The van der Waals surface area contributed by atoms with Crippen molar-refractivity contribution in [1.82, 2.24) is 9.97 Å². The molecule has 0 radical (unpaired) electrons. The van der Waals surface area contributed by atoms with Crippen LogP contribution in [0.4, 0.5) is 5.82 Å². The van der Waals surface area contributed by atoms with E-state index in [1.165, 1.54) is 6.07 Å². The van der Waals surface area contributed by atoms with Gasteiger partial charge in [0.1, 0.15) is 17.2 Å². The first-order valence-electron chi connectivity index (χ1n) is 9.29. The number of aryl methyl sites for hydroxylation is 1. The highest BCUT2D eigenvalue weighted by Gasteiger charge is 2.23. The maximum absolute atomic E-state index is 11.7. The summed E-state index contributed by atoms with van der Waals surface area (Å²) in [6.07, 6.45) is 0. The molecule has 1 amide bonds. The van der Waals surface area contributed by atoms with Crippen LogP contribution in [0.3, 0.4) is 0 Å². The van der Waals surface area contributed by atoms with E-state index in [1.54, 1.807) is 25.1 Å². The van der Waals surface area contributed by atoms with Crippen LogP contribution in [-0.2, 0) is 6.54 Å². The third kappa shape index (κ3) is 3.76. The van der Waals surface area contributed by atoms with Crippen LogP contribution in [0.2, 0.25) is 0 Å². The number of nitrogens with two attached hydrogens (primary N) is 1. The van der Waals surface area contributed by atoms with Crippen LogP contribution in [0.5, 0.6) is 0 Å². The topological polar surface area (TPSA) is 134 Å². The number of para-hydroxylation sites is 1. The number of furan rings is 1. The van der Waals surface area contributed by atoms with E-state index in [-0.39, 0.29) is 17.0 Å². The predicted molar refractivity (Wildman–Crippen MR) is 114 cm³/mol. The lowest BCUT2D eigenvalue weighted by atomic mass is 9.85. The lowest BCUT2D eigenvalue weighted by Gasteiger charge is -2.10. The predicted octanol–water partition coefficient (Wildman–Crippen LogP) is 1.59. The summed E-state index contributed by atoms with van der Waals surface area (Å²) in [4.78, 5) is 20.6. The van der Waals surface area contributed by atoms with E-state index in [9.17, 15) is 14.8 Å². The molecule has 2 aromatic carbocycles. The first-order chi connectivity index (χ1) is 14.4. The summed E-state index contributed by atoms with van der Waals surface area (Å²) in [6.45, 7) is 2.22. The Balaban J connectivity index is 1.80. The number of carbonyl (C=O) groups excluding carboxylic acids is 1. The van der Waals surface area contributed by atoms with Crippen molar-refractivity contribution in [3.8, 4) is 11.4 Å². The standard InChI is InChI=1S/C21H19BN4O4/c1-12-18(14-8-5-9-15(20(23)27)19(14)30-12)21-25-16(22(28)29)10-17(26-21)24-11-13-6-3-2-4-7-13/h2-10,28-29H,11H2,1H3,(H2,23,27)(H,24,25,26). The number of nitrogens with one attached hydrogen (secondary N) is 1. The van der Waals surface area contributed by atoms with Gasteiger partial charge in [-0.25, -0.2) is 9.97 Å². The zero-order valence-electron chi connectivity index (χ0n) is 16.2. The highest BCUT2D eigenvalue weighted by atomic mass is 16.4. The molecule has 0 unspecified atom stereocenters. The maximum atomic E-state index is 11.7. The molecule has 8 nitrogen and oxygen atoms in total. The second-order valence-electron chi connectivity index (χ2n) is 6.79. The molecule has 0 fully saturated rings. The Hall–Kier alpha value is -3.69. The number of fused-ring (bicyclic) bond motifs is 1. The minimum atomic E-state index is -1.77. The molecule has 2 heterocycles. The Kier molecular flexibility index (Phi) is 5.22. The molecule has 0 aliphatic carbocycles. The van der Waals surface area contributed by atoms with Gasteiger partial charge in [-0.15, -0.1) is 0 Å². The van der Waals surface area contributed by atoms with Gasteiger partial charge in [0.2, 0.25) is 0 Å². The van der Waals surface area contributed by atoms with Crippen LogP contribution in [0, 0.1) is 6.92 Å². The van der Waals surface area contributed by atoms with Gasteiger partial charge in [-0.3, -0.25) is 4.79 Å². The summed E-state index contributed by atoms with van der Waals surface area (Å²) in [5.74, 6) is 0.546. The second-order valence-corrected chi connectivity index (χ2v) is 6.79. The van der Waals surface area contributed by atoms with E-state index >= 15 is 0 Å². The van der Waals surface area contributed by atoms with E-state index < -0.39 is 13.0 Å². The van der Waals surface area contributed by atoms with Gasteiger partial charge >= 0.3 is 7.12 Å². The number of anilines is 1. The van der Waals surface area contributed by atoms with Crippen molar-refractivity contribution in [2.75, 3.05) is 5.32 Å². The number of primary amides is 1. The van der Waals surface area contributed by atoms with Crippen LogP contribution in [0.15, 0.2) is 59.0 Å². The summed E-state index contributed by atoms with van der Waals surface area (Å²) < 4.78 is 5.79. The van der Waals surface area contributed by atoms with Crippen LogP contribution in [-0.4, -0.2) is 33.0 Å². The molecule has 4 aromatic rings. The number of carbonyl (C=O) groups is 1. The zero-order valence-corrected chi connectivity index (χ0v) is 16.2. The third-order valence-corrected chi connectivity index (χ3v) is 4.71. The van der Waals surface area contributed by atoms with Crippen molar-refractivity contribution in [3.05, 3.63) is 71.5 Å². The third-order valence-electron chi connectivity index (χ3n) is 4.71. The first-order valence-corrected chi connectivity index (χ1v) is 9.29. The molecular weight excluding hydrogens is 383 g/mol. The molecule has 4 rings (SSSR count). The average molecular weight is 402 g/mol. The number of amides is 1. The number of nitrogens with zero attached hydrogens (tertiary/aromatic N) is 2. The molecule has 0 saturated carbocycles. The summed E-state index contributed by atoms with van der Waals surface area (Å²) in [5.41, 5.74) is 7.68. The van der Waals surface area contributed by atoms with E-state index in [2.05, 4.69) is 15.3 Å². The lowest BCUT2D eigenvalue weighted by molar-refractivity contribution is 0.100. The molecule has 5 N–H and O–H groups in total. The normalized spacial score (nSPS) is 10.9. The molecule has 0 atom stereocenters. The van der Waals surface area contributed by atoms with Crippen LogP contribution in [0.1, 0.15) is 21.7 Å². The minimum Gasteiger partial charge on any atom is -0.460 e. The van der Waals surface area contributed by atoms with Crippen molar-refractivity contribution < 1.29 is 19.3 Å². The van der Waals surface area contributed by atoms with Gasteiger partial charge in [0, 0.05) is 11.9 Å². The van der Waals surface area contributed by atoms with Crippen LogP contribution in [0.25, 0.3) is 22.4 Å². The molecule has 30 heavy (non-hydrogen) atoms. The van der Waals surface area contributed by atoms with E-state index in [0.717, 1.165) is 5.56 Å². The van der Waals surface area contributed by atoms with Gasteiger partial charge in [-0.05, 0) is 24.6 Å². The Morgan fingerprint density at radius 2 is 1.90 bits per heavy atom. The zero-order chi connectivity index (χ0) is 21.3. The average Bonchev–Trinajstić information content (AvgIpc) is 3.08. The van der Waals surface area contributed by atoms with Crippen molar-refractivity contribution in [2.24, 2.45) is 5.73 Å². The van der Waals surface area contributed by atoms with Crippen LogP contribution < -0.4 is 16.6 Å². The number of benzene rings is 2. The molecule has 9 heteroatoms. The Bertz CT molecular complexity index is 1220. The van der Waals surface area contributed by atoms with E-state index in [4.69, 9.17) is 10.2 Å². The Morgan fingerprint density at radius 3 is 2.60 bits per heavy atom. The van der Waals surface area contributed by atoms with Crippen LogP contribution >= 0.6 is 0 Å². The largest absolute Gasteiger partial charge is 0.508 e. The Labute approximate surface area is 172 Å². The molecule has 0 spiro atoms. The molecule has 0 saturated heterocycles. The van der Waals surface area contributed by atoms with Crippen molar-refractivity contribution in [2.45, 2.75) is 13.5 Å². The van der Waals surface area contributed by atoms with Crippen molar-refractivity contribution in [1.29, 1.82) is 0 Å². The number of rotatable bonds is 6. The molecular formula is C21H19BN4O4. The van der Waals surface area contributed by atoms with Gasteiger partial charge in [0.25, 0.3) is 5.91 Å². The van der Waals surface area contributed by atoms with Gasteiger partial charge in [-0.2, -0.15) is 0 Å². The van der Waals surface area contributed by atoms with Gasteiger partial charge in [0.15, 0.2) is 5.82 Å².